The first-order valence-electron chi connectivity index (χ1n) is 6.36. The van der Waals surface area contributed by atoms with Crippen molar-refractivity contribution >= 4 is 0 Å². The van der Waals surface area contributed by atoms with Gasteiger partial charge in [-0.3, -0.25) is 4.90 Å². The third-order valence-electron chi connectivity index (χ3n) is 2.95. The number of hydrogen-bond donors (Lipinski definition) is 2. The normalized spacial score (nSPS) is 24.9. The van der Waals surface area contributed by atoms with E-state index in [0.29, 0.717) is 12.1 Å². The van der Waals surface area contributed by atoms with Crippen LogP contribution in [0.4, 0.5) is 0 Å². The fourth-order valence-electron chi connectivity index (χ4n) is 2.14. The minimum atomic E-state index is 0.176. The zero-order valence-electron chi connectivity index (χ0n) is 10.8. The third kappa shape index (κ3) is 4.78. The van der Waals surface area contributed by atoms with Crippen LogP contribution >= 0.6 is 0 Å². The maximum Gasteiger partial charge on any atom is 0.0700 e. The fraction of sp³-hybridized carbons (Fsp3) is 1.00. The number of aliphatic hydroxyl groups is 1. The highest BCUT2D eigenvalue weighted by Gasteiger charge is 2.21. The molecule has 1 aliphatic rings. The lowest BCUT2D eigenvalue weighted by atomic mass is 10.2. The van der Waals surface area contributed by atoms with Gasteiger partial charge in [-0.2, -0.15) is 0 Å². The Labute approximate surface area is 99.0 Å². The van der Waals surface area contributed by atoms with Crippen LogP contribution in [-0.2, 0) is 4.74 Å². The molecule has 0 aromatic carbocycles. The molecule has 2 N–H and O–H groups in total. The first-order chi connectivity index (χ1) is 7.65. The Morgan fingerprint density at radius 1 is 1.50 bits per heavy atom. The minimum Gasteiger partial charge on any atom is -0.395 e. The van der Waals surface area contributed by atoms with Crippen LogP contribution in [0.25, 0.3) is 0 Å². The van der Waals surface area contributed by atoms with Gasteiger partial charge in [-0.15, -0.1) is 0 Å². The molecule has 16 heavy (non-hydrogen) atoms. The van der Waals surface area contributed by atoms with Crippen LogP contribution in [0.1, 0.15) is 27.2 Å². The van der Waals surface area contributed by atoms with Crippen molar-refractivity contribution in [2.24, 2.45) is 0 Å². The number of rotatable bonds is 6. The fourth-order valence-corrected chi connectivity index (χ4v) is 2.14. The predicted octanol–water partition coefficient (Wildman–Crippen LogP) is 0.456. The van der Waals surface area contributed by atoms with Gasteiger partial charge in [-0.1, -0.05) is 20.8 Å². The van der Waals surface area contributed by atoms with E-state index in [4.69, 9.17) is 4.74 Å². The molecule has 2 atom stereocenters. The van der Waals surface area contributed by atoms with E-state index < -0.39 is 0 Å². The highest BCUT2D eigenvalue weighted by Crippen LogP contribution is 2.08. The average molecular weight is 230 g/mol. The summed E-state index contributed by atoms with van der Waals surface area (Å²) in [4.78, 5) is 2.38. The molecule has 0 radical (unpaired) electrons. The topological polar surface area (TPSA) is 44.7 Å². The highest BCUT2D eigenvalue weighted by atomic mass is 16.5. The average Bonchev–Trinajstić information content (AvgIpc) is 2.28. The summed E-state index contributed by atoms with van der Waals surface area (Å²) in [6.45, 7) is 10.3. The molecule has 4 heteroatoms. The van der Waals surface area contributed by atoms with Gasteiger partial charge in [0.05, 0.1) is 19.3 Å². The van der Waals surface area contributed by atoms with Crippen LogP contribution in [-0.4, -0.2) is 61.0 Å². The predicted molar refractivity (Wildman–Crippen MR) is 65.6 cm³/mol. The Balaban J connectivity index is 2.33. The summed E-state index contributed by atoms with van der Waals surface area (Å²) in [5.74, 6) is 0. The number of ether oxygens (including phenoxy) is 1. The van der Waals surface area contributed by atoms with Gasteiger partial charge in [0, 0.05) is 31.7 Å². The van der Waals surface area contributed by atoms with E-state index in [1.165, 1.54) is 0 Å². The van der Waals surface area contributed by atoms with Gasteiger partial charge >= 0.3 is 0 Å². The molecule has 0 amide bonds. The quantitative estimate of drug-likeness (QED) is 0.696. The van der Waals surface area contributed by atoms with Crippen molar-refractivity contribution < 1.29 is 9.84 Å². The largest absolute Gasteiger partial charge is 0.395 e. The molecule has 1 heterocycles. The van der Waals surface area contributed by atoms with E-state index in [9.17, 15) is 5.11 Å². The summed E-state index contributed by atoms with van der Waals surface area (Å²) >= 11 is 0. The van der Waals surface area contributed by atoms with Crippen LogP contribution in [0.15, 0.2) is 0 Å². The van der Waals surface area contributed by atoms with Crippen molar-refractivity contribution in [3.05, 3.63) is 0 Å². The second kappa shape index (κ2) is 7.22. The summed E-state index contributed by atoms with van der Waals surface area (Å²) in [6, 6.07) is 0.593. The number of hydrogen-bond acceptors (Lipinski definition) is 4. The summed E-state index contributed by atoms with van der Waals surface area (Å²) in [5.41, 5.74) is 0. The minimum absolute atomic E-state index is 0.176. The van der Waals surface area contributed by atoms with Crippen LogP contribution in [0.5, 0.6) is 0 Å². The second-order valence-electron chi connectivity index (χ2n) is 4.86. The Morgan fingerprint density at radius 3 is 2.81 bits per heavy atom. The van der Waals surface area contributed by atoms with Crippen molar-refractivity contribution in [1.29, 1.82) is 0 Å². The summed E-state index contributed by atoms with van der Waals surface area (Å²) < 4.78 is 5.63. The molecule has 96 valence electrons. The van der Waals surface area contributed by atoms with E-state index in [0.717, 1.165) is 32.7 Å². The molecular weight excluding hydrogens is 204 g/mol. The van der Waals surface area contributed by atoms with Gasteiger partial charge in [0.2, 0.25) is 0 Å². The van der Waals surface area contributed by atoms with Gasteiger partial charge in [0.1, 0.15) is 0 Å². The van der Waals surface area contributed by atoms with Crippen molar-refractivity contribution in [1.82, 2.24) is 10.2 Å². The molecule has 0 saturated carbocycles. The van der Waals surface area contributed by atoms with Crippen LogP contribution in [0.3, 0.4) is 0 Å². The smallest absolute Gasteiger partial charge is 0.0700 e. The standard InChI is InChI=1S/C12H26N2O2/c1-4-12-8-14(5-6-16-12)7-11(9-15)13-10(2)3/h10-13,15H,4-9H2,1-3H3. The zero-order chi connectivity index (χ0) is 12.0. The molecule has 1 rings (SSSR count). The molecular formula is C12H26N2O2. The lowest BCUT2D eigenvalue weighted by molar-refractivity contribution is -0.0340. The lowest BCUT2D eigenvalue weighted by Gasteiger charge is -2.35. The van der Waals surface area contributed by atoms with Crippen molar-refractivity contribution in [2.45, 2.75) is 45.4 Å². The van der Waals surface area contributed by atoms with Gasteiger partial charge < -0.3 is 15.2 Å². The van der Waals surface area contributed by atoms with E-state index in [1.54, 1.807) is 0 Å². The second-order valence-corrected chi connectivity index (χ2v) is 4.86. The first kappa shape index (κ1) is 13.9. The lowest BCUT2D eigenvalue weighted by Crippen LogP contribution is -2.50. The van der Waals surface area contributed by atoms with Crippen LogP contribution < -0.4 is 5.32 Å². The van der Waals surface area contributed by atoms with E-state index in [1.807, 2.05) is 0 Å². The zero-order valence-corrected chi connectivity index (χ0v) is 10.8. The van der Waals surface area contributed by atoms with E-state index in [2.05, 4.69) is 31.0 Å². The SMILES string of the molecule is CCC1CN(CC(CO)NC(C)C)CCO1. The maximum absolute atomic E-state index is 9.31. The van der Waals surface area contributed by atoms with Crippen molar-refractivity contribution in [3.8, 4) is 0 Å². The third-order valence-corrected chi connectivity index (χ3v) is 2.95. The maximum atomic E-state index is 9.31. The summed E-state index contributed by atoms with van der Waals surface area (Å²) in [6.07, 6.45) is 1.44. The number of nitrogens with zero attached hydrogens (tertiary/aromatic N) is 1. The highest BCUT2D eigenvalue weighted by molar-refractivity contribution is 4.77. The van der Waals surface area contributed by atoms with Crippen LogP contribution in [0.2, 0.25) is 0 Å². The van der Waals surface area contributed by atoms with Gasteiger partial charge in [0.15, 0.2) is 0 Å². The van der Waals surface area contributed by atoms with Gasteiger partial charge in [0.25, 0.3) is 0 Å². The van der Waals surface area contributed by atoms with Crippen LogP contribution in [0, 0.1) is 0 Å². The van der Waals surface area contributed by atoms with Crippen molar-refractivity contribution in [2.75, 3.05) is 32.8 Å². The monoisotopic (exact) mass is 230 g/mol. The molecule has 0 aromatic heterocycles. The number of aliphatic hydroxyl groups excluding tert-OH is 1. The van der Waals surface area contributed by atoms with E-state index in [-0.39, 0.29) is 12.6 Å². The Bertz CT molecular complexity index is 188. The van der Waals surface area contributed by atoms with Gasteiger partial charge in [-0.05, 0) is 6.42 Å². The molecule has 0 bridgehead atoms. The molecule has 1 aliphatic heterocycles. The Hall–Kier alpha value is -0.160. The summed E-state index contributed by atoms with van der Waals surface area (Å²) in [7, 11) is 0. The van der Waals surface area contributed by atoms with Gasteiger partial charge in [-0.25, -0.2) is 0 Å². The van der Waals surface area contributed by atoms with E-state index >= 15 is 0 Å². The van der Waals surface area contributed by atoms with Crippen molar-refractivity contribution in [3.63, 3.8) is 0 Å². The number of nitrogens with one attached hydrogen (secondary N) is 1. The first-order valence-corrected chi connectivity index (χ1v) is 6.36. The summed E-state index contributed by atoms with van der Waals surface area (Å²) in [5, 5.41) is 12.7. The molecule has 2 unspecified atom stereocenters. The molecule has 0 aliphatic carbocycles. The molecule has 0 spiro atoms. The Morgan fingerprint density at radius 2 is 2.25 bits per heavy atom. The Kier molecular flexibility index (Phi) is 6.28. The molecule has 1 fully saturated rings. The molecule has 1 saturated heterocycles. The molecule has 4 nitrogen and oxygen atoms in total. The number of morpholine rings is 1. The molecule has 0 aromatic rings.